The van der Waals surface area contributed by atoms with Crippen LogP contribution in [-0.2, 0) is 6.54 Å². The summed E-state index contributed by atoms with van der Waals surface area (Å²) in [6, 6.07) is 15.2. The maximum absolute atomic E-state index is 12.7. The quantitative estimate of drug-likeness (QED) is 0.494. The predicted octanol–water partition coefficient (Wildman–Crippen LogP) is 4.56. The van der Waals surface area contributed by atoms with Crippen LogP contribution in [0.15, 0.2) is 57.9 Å². The molecule has 0 atom stereocenters. The second kappa shape index (κ2) is 7.62. The molecule has 0 saturated carbocycles. The molecular formula is C20H18N2O3S2. The van der Waals surface area contributed by atoms with E-state index in [0.717, 1.165) is 33.6 Å². The first-order valence-corrected chi connectivity index (χ1v) is 10.6. The number of carbonyl (C=O) groups excluding carboxylic acids is 1. The summed E-state index contributed by atoms with van der Waals surface area (Å²) in [5.74, 6) is 1.60. The lowest BCUT2D eigenvalue weighted by molar-refractivity contribution is 0.0973. The van der Waals surface area contributed by atoms with Gasteiger partial charge >= 0.3 is 5.91 Å². The van der Waals surface area contributed by atoms with Crippen molar-refractivity contribution in [3.63, 3.8) is 0 Å². The van der Waals surface area contributed by atoms with Gasteiger partial charge in [0, 0.05) is 17.7 Å². The molecule has 0 fully saturated rings. The van der Waals surface area contributed by atoms with Crippen LogP contribution in [0, 0.1) is 0 Å². The van der Waals surface area contributed by atoms with Gasteiger partial charge in [0.05, 0.1) is 17.3 Å². The first-order chi connectivity index (χ1) is 13.2. The van der Waals surface area contributed by atoms with Crippen LogP contribution in [0.4, 0.5) is 0 Å². The van der Waals surface area contributed by atoms with Crippen molar-refractivity contribution in [2.45, 2.75) is 6.54 Å². The van der Waals surface area contributed by atoms with Gasteiger partial charge in [-0.1, -0.05) is 29.5 Å². The molecule has 0 spiro atoms. The van der Waals surface area contributed by atoms with Crippen LogP contribution in [0.1, 0.15) is 10.6 Å². The van der Waals surface area contributed by atoms with Gasteiger partial charge in [0.1, 0.15) is 11.3 Å². The first-order valence-electron chi connectivity index (χ1n) is 8.43. The number of thioether (sulfide) groups is 1. The zero-order valence-corrected chi connectivity index (χ0v) is 16.6. The van der Waals surface area contributed by atoms with Gasteiger partial charge in [-0.3, -0.25) is 4.79 Å². The number of ether oxygens (including phenoxy) is 1. The van der Waals surface area contributed by atoms with Crippen molar-refractivity contribution in [1.29, 1.82) is 0 Å². The van der Waals surface area contributed by atoms with E-state index in [1.54, 1.807) is 24.9 Å². The Hall–Kier alpha value is -2.51. The smallest absolute Gasteiger partial charge is 0.315 e. The summed E-state index contributed by atoms with van der Waals surface area (Å²) in [5.41, 5.74) is 1.73. The zero-order valence-electron chi connectivity index (χ0n) is 15.0. The van der Waals surface area contributed by atoms with Gasteiger partial charge in [0.2, 0.25) is 0 Å². The summed E-state index contributed by atoms with van der Waals surface area (Å²) < 4.78 is 14.1. The van der Waals surface area contributed by atoms with Crippen LogP contribution in [-0.4, -0.2) is 29.6 Å². The average molecular weight is 399 g/mol. The summed E-state index contributed by atoms with van der Waals surface area (Å²) in [7, 11) is 1.65. The number of hydrogen-bond acceptors (Lipinski definition) is 5. The minimum atomic E-state index is -0.373. The van der Waals surface area contributed by atoms with Crippen molar-refractivity contribution < 1.29 is 13.9 Å². The van der Waals surface area contributed by atoms with Gasteiger partial charge in [-0.05, 0) is 36.6 Å². The van der Waals surface area contributed by atoms with E-state index < -0.39 is 0 Å². The Morgan fingerprint density at radius 1 is 1.26 bits per heavy atom. The summed E-state index contributed by atoms with van der Waals surface area (Å²) >= 11 is 3.24. The Balaban J connectivity index is 1.81. The van der Waals surface area contributed by atoms with Crippen molar-refractivity contribution in [2.24, 2.45) is 4.99 Å². The highest BCUT2D eigenvalue weighted by Crippen LogP contribution is 2.24. The van der Waals surface area contributed by atoms with Crippen LogP contribution in [0.25, 0.3) is 21.2 Å². The molecule has 0 bridgehead atoms. The Morgan fingerprint density at radius 3 is 2.89 bits per heavy atom. The van der Waals surface area contributed by atoms with E-state index >= 15 is 0 Å². The fourth-order valence-corrected chi connectivity index (χ4v) is 4.34. The Kier molecular flexibility index (Phi) is 5.05. The SMILES string of the molecule is COc1ccc2c(c1)sc(=NC(=O)c1cc3ccccc3o1)n2CCSC. The normalized spacial score (nSPS) is 12.1. The molecule has 7 heteroatoms. The third-order valence-corrected chi connectivity index (χ3v) is 5.87. The number of aryl methyl sites for hydroxylation is 1. The molecule has 0 N–H and O–H groups in total. The number of hydrogen-bond donors (Lipinski definition) is 0. The molecule has 4 rings (SSSR count). The van der Waals surface area contributed by atoms with Crippen molar-refractivity contribution in [2.75, 3.05) is 19.1 Å². The number of aromatic nitrogens is 1. The Bertz CT molecular complexity index is 1150. The highest BCUT2D eigenvalue weighted by Gasteiger charge is 2.13. The van der Waals surface area contributed by atoms with Crippen molar-refractivity contribution in [3.8, 4) is 5.75 Å². The summed E-state index contributed by atoms with van der Waals surface area (Å²) in [6.07, 6.45) is 2.06. The number of nitrogens with zero attached hydrogens (tertiary/aromatic N) is 2. The number of benzene rings is 2. The molecular weight excluding hydrogens is 380 g/mol. The standard InChI is InChI=1S/C20H18N2O3S2/c1-24-14-7-8-15-18(12-14)27-20(22(15)9-10-26-2)21-19(23)17-11-13-5-3-4-6-16(13)25-17/h3-8,11-12H,9-10H2,1-2H3. The van der Waals surface area contributed by atoms with Crippen molar-refractivity contribution in [1.82, 2.24) is 4.57 Å². The van der Waals surface area contributed by atoms with E-state index in [0.29, 0.717) is 10.4 Å². The van der Waals surface area contributed by atoms with Crippen LogP contribution >= 0.6 is 23.1 Å². The molecule has 0 unspecified atom stereocenters. The number of thiazole rings is 1. The molecule has 0 saturated heterocycles. The highest BCUT2D eigenvalue weighted by molar-refractivity contribution is 7.98. The number of furan rings is 1. The van der Waals surface area contributed by atoms with Crippen LogP contribution < -0.4 is 9.54 Å². The number of amides is 1. The monoisotopic (exact) mass is 398 g/mol. The summed E-state index contributed by atoms with van der Waals surface area (Å²) in [4.78, 5) is 17.7. The maximum Gasteiger partial charge on any atom is 0.315 e. The molecule has 138 valence electrons. The summed E-state index contributed by atoms with van der Waals surface area (Å²) in [6.45, 7) is 0.778. The third-order valence-electron chi connectivity index (χ3n) is 4.24. The van der Waals surface area contributed by atoms with Gasteiger partial charge in [-0.25, -0.2) is 0 Å². The number of methoxy groups -OCH3 is 1. The van der Waals surface area contributed by atoms with E-state index in [1.807, 2.05) is 42.5 Å². The molecule has 1 amide bonds. The average Bonchev–Trinajstić information content (AvgIpc) is 3.27. The van der Waals surface area contributed by atoms with E-state index in [4.69, 9.17) is 9.15 Å². The van der Waals surface area contributed by atoms with E-state index in [2.05, 4.69) is 15.8 Å². The van der Waals surface area contributed by atoms with Gasteiger partial charge in [-0.15, -0.1) is 0 Å². The largest absolute Gasteiger partial charge is 0.497 e. The van der Waals surface area contributed by atoms with Crippen LogP contribution in [0.2, 0.25) is 0 Å². The minimum absolute atomic E-state index is 0.252. The van der Waals surface area contributed by atoms with Crippen LogP contribution in [0.5, 0.6) is 5.75 Å². The topological polar surface area (TPSA) is 56.7 Å². The zero-order chi connectivity index (χ0) is 18.8. The molecule has 0 aliphatic heterocycles. The van der Waals surface area contributed by atoms with Gasteiger partial charge in [-0.2, -0.15) is 16.8 Å². The lowest BCUT2D eigenvalue weighted by Gasteiger charge is -2.04. The lowest BCUT2D eigenvalue weighted by Crippen LogP contribution is -2.18. The highest BCUT2D eigenvalue weighted by atomic mass is 32.2. The number of para-hydroxylation sites is 1. The van der Waals surface area contributed by atoms with Crippen molar-refractivity contribution in [3.05, 3.63) is 59.1 Å². The second-order valence-electron chi connectivity index (χ2n) is 5.93. The van der Waals surface area contributed by atoms with Crippen LogP contribution in [0.3, 0.4) is 0 Å². The van der Waals surface area contributed by atoms with E-state index in [1.165, 1.54) is 11.3 Å². The lowest BCUT2D eigenvalue weighted by atomic mass is 10.2. The maximum atomic E-state index is 12.7. The van der Waals surface area contributed by atoms with E-state index in [9.17, 15) is 4.79 Å². The first kappa shape index (κ1) is 17.9. The minimum Gasteiger partial charge on any atom is -0.497 e. The molecule has 2 aromatic carbocycles. The fourth-order valence-electron chi connectivity index (χ4n) is 2.89. The van der Waals surface area contributed by atoms with Crippen molar-refractivity contribution >= 4 is 50.2 Å². The van der Waals surface area contributed by atoms with E-state index in [-0.39, 0.29) is 11.7 Å². The number of carbonyl (C=O) groups is 1. The predicted molar refractivity (Wildman–Crippen MR) is 111 cm³/mol. The number of rotatable bonds is 5. The molecule has 0 aliphatic carbocycles. The Morgan fingerprint density at radius 2 is 2.11 bits per heavy atom. The second-order valence-corrected chi connectivity index (χ2v) is 7.92. The van der Waals surface area contributed by atoms with Gasteiger partial charge in [0.15, 0.2) is 10.6 Å². The molecule has 0 aliphatic rings. The molecule has 5 nitrogen and oxygen atoms in total. The van der Waals surface area contributed by atoms with Gasteiger partial charge < -0.3 is 13.7 Å². The summed E-state index contributed by atoms with van der Waals surface area (Å²) in [5, 5.41) is 0.896. The third kappa shape index (κ3) is 3.52. The molecule has 2 heterocycles. The molecule has 0 radical (unpaired) electrons. The van der Waals surface area contributed by atoms with Gasteiger partial charge in [0.25, 0.3) is 0 Å². The molecule has 2 aromatic heterocycles. The number of fused-ring (bicyclic) bond motifs is 2. The molecule has 27 heavy (non-hydrogen) atoms. The fraction of sp³-hybridized carbons (Fsp3) is 0.200. The molecule has 4 aromatic rings. The Labute approximate surface area is 164 Å².